The molecule has 0 bridgehead atoms. The Morgan fingerprint density at radius 1 is 1.63 bits per heavy atom. The number of nitrogens with zero attached hydrogens (tertiary/aromatic N) is 1. The predicted molar refractivity (Wildman–Crippen MR) is 72.9 cm³/mol. The van der Waals surface area contributed by atoms with E-state index in [4.69, 9.17) is 10.5 Å². The van der Waals surface area contributed by atoms with Gasteiger partial charge in [-0.05, 0) is 11.1 Å². The third-order valence-electron chi connectivity index (χ3n) is 2.98. The molecule has 0 unspecified atom stereocenters. The standard InChI is InChI=1S/C11H14BrN3O4/c12-2-1-6-5-15(11(18)14-10(6)17)9-3-7(16)8(4-13)19-9/h1-2,5,7-9,16H,3-4,13H2,(H,14,17,18)/b2-1+/t7-,8+,9+/m0/s1. The van der Waals surface area contributed by atoms with Crippen LogP contribution in [-0.2, 0) is 4.74 Å². The average Bonchev–Trinajstić information content (AvgIpc) is 2.74. The summed E-state index contributed by atoms with van der Waals surface area (Å²) in [6, 6.07) is 0. The Morgan fingerprint density at radius 3 is 2.95 bits per heavy atom. The van der Waals surface area contributed by atoms with Crippen molar-refractivity contribution < 1.29 is 9.84 Å². The summed E-state index contributed by atoms with van der Waals surface area (Å²) < 4.78 is 6.75. The van der Waals surface area contributed by atoms with E-state index in [1.807, 2.05) is 0 Å². The fourth-order valence-electron chi connectivity index (χ4n) is 2.00. The Labute approximate surface area is 116 Å². The minimum Gasteiger partial charge on any atom is -0.390 e. The van der Waals surface area contributed by atoms with E-state index in [1.54, 1.807) is 0 Å². The summed E-state index contributed by atoms with van der Waals surface area (Å²) in [5.41, 5.74) is 4.71. The maximum Gasteiger partial charge on any atom is 0.330 e. The van der Waals surface area contributed by atoms with Gasteiger partial charge in [-0.15, -0.1) is 0 Å². The van der Waals surface area contributed by atoms with Crippen molar-refractivity contribution in [3.63, 3.8) is 0 Å². The molecule has 2 rings (SSSR count). The quantitative estimate of drug-likeness (QED) is 0.692. The largest absolute Gasteiger partial charge is 0.390 e. The van der Waals surface area contributed by atoms with Gasteiger partial charge in [0, 0.05) is 19.2 Å². The van der Waals surface area contributed by atoms with Gasteiger partial charge in [0.2, 0.25) is 0 Å². The van der Waals surface area contributed by atoms with Crippen molar-refractivity contribution in [1.29, 1.82) is 0 Å². The zero-order chi connectivity index (χ0) is 14.0. The summed E-state index contributed by atoms with van der Waals surface area (Å²) in [4.78, 5) is 27.0. The molecule has 0 aliphatic carbocycles. The molecule has 1 saturated heterocycles. The second-order valence-electron chi connectivity index (χ2n) is 4.21. The van der Waals surface area contributed by atoms with Crippen LogP contribution in [0.2, 0.25) is 0 Å². The third-order valence-corrected chi connectivity index (χ3v) is 3.25. The SMILES string of the molecule is NC[C@H]1O[C@@H](n2cc(/C=C/Br)c(=O)[nH]c2=O)C[C@@H]1O. The van der Waals surface area contributed by atoms with Crippen LogP contribution < -0.4 is 17.0 Å². The van der Waals surface area contributed by atoms with Crippen LogP contribution in [-0.4, -0.2) is 33.4 Å². The molecule has 0 spiro atoms. The number of rotatable bonds is 3. The van der Waals surface area contributed by atoms with Gasteiger partial charge < -0.3 is 15.6 Å². The first-order chi connectivity index (χ1) is 9.06. The number of aliphatic hydroxyl groups excluding tert-OH is 1. The predicted octanol–water partition coefficient (Wildman–Crippen LogP) is -0.491. The minimum absolute atomic E-state index is 0.171. The topological polar surface area (TPSA) is 110 Å². The lowest BCUT2D eigenvalue weighted by Crippen LogP contribution is -2.33. The van der Waals surface area contributed by atoms with E-state index in [0.29, 0.717) is 5.56 Å². The van der Waals surface area contributed by atoms with Crippen molar-refractivity contribution in [2.75, 3.05) is 6.54 Å². The van der Waals surface area contributed by atoms with Gasteiger partial charge in [0.25, 0.3) is 5.56 Å². The molecular formula is C11H14BrN3O4. The maximum atomic E-state index is 11.8. The highest BCUT2D eigenvalue weighted by atomic mass is 79.9. The normalized spacial score (nSPS) is 27.2. The molecule has 0 radical (unpaired) electrons. The maximum absolute atomic E-state index is 11.8. The van der Waals surface area contributed by atoms with Crippen LogP contribution in [0.1, 0.15) is 18.2 Å². The van der Waals surface area contributed by atoms with E-state index in [9.17, 15) is 14.7 Å². The summed E-state index contributed by atoms with van der Waals surface area (Å²) in [6.45, 7) is 0.171. The minimum atomic E-state index is -0.719. The zero-order valence-electron chi connectivity index (χ0n) is 9.95. The number of hydrogen-bond donors (Lipinski definition) is 3. The molecule has 1 aromatic rings. The number of nitrogens with two attached hydrogens (primary N) is 1. The van der Waals surface area contributed by atoms with Gasteiger partial charge >= 0.3 is 5.69 Å². The van der Waals surface area contributed by atoms with Crippen molar-refractivity contribution in [1.82, 2.24) is 9.55 Å². The van der Waals surface area contributed by atoms with Crippen molar-refractivity contribution in [2.45, 2.75) is 24.9 Å². The summed E-state index contributed by atoms with van der Waals surface area (Å²) in [7, 11) is 0. The summed E-state index contributed by atoms with van der Waals surface area (Å²) in [6.07, 6.45) is 1.32. The summed E-state index contributed by atoms with van der Waals surface area (Å²) in [5.74, 6) is 0. The van der Waals surface area contributed by atoms with Gasteiger partial charge in [-0.25, -0.2) is 4.79 Å². The van der Waals surface area contributed by atoms with Gasteiger partial charge in [0.1, 0.15) is 6.23 Å². The van der Waals surface area contributed by atoms with Gasteiger partial charge in [0.05, 0.1) is 17.8 Å². The molecule has 7 nitrogen and oxygen atoms in total. The van der Waals surface area contributed by atoms with Gasteiger partial charge in [-0.2, -0.15) is 0 Å². The molecule has 8 heteroatoms. The first-order valence-electron chi connectivity index (χ1n) is 5.72. The first kappa shape index (κ1) is 14.2. The zero-order valence-corrected chi connectivity index (χ0v) is 11.5. The van der Waals surface area contributed by atoms with E-state index in [-0.39, 0.29) is 13.0 Å². The second-order valence-corrected chi connectivity index (χ2v) is 4.74. The molecule has 1 aliphatic rings. The lowest BCUT2D eigenvalue weighted by atomic mass is 10.2. The van der Waals surface area contributed by atoms with Crippen molar-refractivity contribution in [3.05, 3.63) is 37.6 Å². The van der Waals surface area contributed by atoms with Crippen LogP contribution in [0, 0.1) is 0 Å². The van der Waals surface area contributed by atoms with Crippen LogP contribution in [0.3, 0.4) is 0 Å². The average molecular weight is 332 g/mol. The molecule has 19 heavy (non-hydrogen) atoms. The number of nitrogens with one attached hydrogen (secondary N) is 1. The number of H-pyrrole nitrogens is 1. The molecule has 4 N–H and O–H groups in total. The van der Waals surface area contributed by atoms with Gasteiger partial charge in [0.15, 0.2) is 0 Å². The highest BCUT2D eigenvalue weighted by Gasteiger charge is 2.34. The molecule has 0 saturated carbocycles. The molecule has 104 valence electrons. The molecule has 1 aromatic heterocycles. The van der Waals surface area contributed by atoms with E-state index in [1.165, 1.54) is 21.8 Å². The molecule has 3 atom stereocenters. The number of aromatic amines is 1. The smallest absolute Gasteiger partial charge is 0.330 e. The third kappa shape index (κ3) is 2.86. The van der Waals surface area contributed by atoms with E-state index in [0.717, 1.165) is 0 Å². The van der Waals surface area contributed by atoms with Crippen LogP contribution in [0.15, 0.2) is 20.8 Å². The van der Waals surface area contributed by atoms with E-state index in [2.05, 4.69) is 20.9 Å². The molecular weight excluding hydrogens is 318 g/mol. The Hall–Kier alpha value is -1.22. The van der Waals surface area contributed by atoms with Gasteiger partial charge in [-0.3, -0.25) is 14.3 Å². The van der Waals surface area contributed by atoms with Crippen LogP contribution in [0.25, 0.3) is 6.08 Å². The Bertz CT molecular complexity index is 594. The summed E-state index contributed by atoms with van der Waals surface area (Å²) >= 11 is 3.07. The first-order valence-corrected chi connectivity index (χ1v) is 6.64. The van der Waals surface area contributed by atoms with Crippen molar-refractivity contribution in [2.24, 2.45) is 5.73 Å². The fourth-order valence-corrected chi connectivity index (χ4v) is 2.28. The van der Waals surface area contributed by atoms with Gasteiger partial charge in [-0.1, -0.05) is 15.9 Å². The van der Waals surface area contributed by atoms with E-state index < -0.39 is 29.7 Å². The van der Waals surface area contributed by atoms with Crippen LogP contribution >= 0.6 is 15.9 Å². The number of halogens is 1. The molecule has 1 aliphatic heterocycles. The monoisotopic (exact) mass is 331 g/mol. The Balaban J connectivity index is 2.38. The Kier molecular flexibility index (Phi) is 4.35. The highest BCUT2D eigenvalue weighted by Crippen LogP contribution is 2.26. The number of aliphatic hydroxyl groups is 1. The highest BCUT2D eigenvalue weighted by molar-refractivity contribution is 9.11. The summed E-state index contributed by atoms with van der Waals surface area (Å²) in [5, 5.41) is 9.73. The molecule has 1 fully saturated rings. The second kappa shape index (κ2) is 5.83. The van der Waals surface area contributed by atoms with Crippen molar-refractivity contribution >= 4 is 22.0 Å². The lowest BCUT2D eigenvalue weighted by molar-refractivity contribution is -0.0151. The fraction of sp³-hybridized carbons (Fsp3) is 0.455. The lowest BCUT2D eigenvalue weighted by Gasteiger charge is -2.14. The van der Waals surface area contributed by atoms with Crippen LogP contribution in [0.5, 0.6) is 0 Å². The van der Waals surface area contributed by atoms with E-state index >= 15 is 0 Å². The molecule has 2 heterocycles. The van der Waals surface area contributed by atoms with Crippen LogP contribution in [0.4, 0.5) is 0 Å². The number of ether oxygens (including phenoxy) is 1. The molecule has 0 aromatic carbocycles. The number of hydrogen-bond acceptors (Lipinski definition) is 5. The van der Waals surface area contributed by atoms with Crippen molar-refractivity contribution in [3.8, 4) is 0 Å². The molecule has 0 amide bonds. The Morgan fingerprint density at radius 2 is 2.37 bits per heavy atom. The number of aromatic nitrogens is 2.